The molecular weight excluding hydrogens is 306 g/mol. The number of carbonyl (C=O) groups is 1. The topological polar surface area (TPSA) is 42.2 Å². The smallest absolute Gasteiger partial charge is 0.303 e. The molecule has 1 fully saturated rings. The molecule has 0 spiro atoms. The van der Waals surface area contributed by atoms with Crippen LogP contribution in [-0.2, 0) is 11.8 Å². The van der Waals surface area contributed by atoms with E-state index >= 15 is 0 Å². The minimum Gasteiger partial charge on any atom is -0.481 e. The van der Waals surface area contributed by atoms with Gasteiger partial charge in [0.1, 0.15) is 0 Å². The summed E-state index contributed by atoms with van der Waals surface area (Å²) in [6.07, 6.45) is 4.60. The van der Waals surface area contributed by atoms with Crippen LogP contribution < -0.4 is 0 Å². The van der Waals surface area contributed by atoms with Gasteiger partial charge < -0.3 is 9.67 Å². The molecule has 0 aliphatic heterocycles. The lowest BCUT2D eigenvalue weighted by atomic mass is 9.90. The lowest BCUT2D eigenvalue weighted by molar-refractivity contribution is -0.137. The second-order valence-electron chi connectivity index (χ2n) is 5.41. The van der Waals surface area contributed by atoms with E-state index in [0.717, 1.165) is 28.4 Å². The van der Waals surface area contributed by atoms with E-state index in [-0.39, 0.29) is 12.3 Å². The fourth-order valence-corrected chi connectivity index (χ4v) is 3.47. The standard InChI is InChI=1S/C15H16BrNO2/c1-17-8-13(16)11-5-4-10(6-14(11)17)12(7-15(18)19)9-2-3-9/h4-6,8-9,12H,2-3,7H2,1H3,(H,18,19). The molecule has 1 saturated carbocycles. The van der Waals surface area contributed by atoms with Crippen molar-refractivity contribution in [2.75, 3.05) is 0 Å². The summed E-state index contributed by atoms with van der Waals surface area (Å²) in [4.78, 5) is 11.0. The first-order chi connectivity index (χ1) is 9.06. The number of nitrogens with zero attached hydrogens (tertiary/aromatic N) is 1. The number of aromatic nitrogens is 1. The Balaban J connectivity index is 2.03. The Kier molecular flexibility index (Phi) is 3.13. The molecule has 1 aliphatic rings. The van der Waals surface area contributed by atoms with E-state index in [2.05, 4.69) is 38.7 Å². The van der Waals surface area contributed by atoms with Gasteiger partial charge >= 0.3 is 5.97 Å². The fraction of sp³-hybridized carbons (Fsp3) is 0.400. The van der Waals surface area contributed by atoms with Crippen molar-refractivity contribution in [3.63, 3.8) is 0 Å². The van der Waals surface area contributed by atoms with Gasteiger partial charge in [-0.05, 0) is 52.2 Å². The molecule has 19 heavy (non-hydrogen) atoms. The number of fused-ring (bicyclic) bond motifs is 1. The molecule has 0 saturated heterocycles. The molecule has 100 valence electrons. The van der Waals surface area contributed by atoms with E-state index in [1.54, 1.807) is 0 Å². The van der Waals surface area contributed by atoms with E-state index in [9.17, 15) is 4.79 Å². The third-order valence-corrected chi connectivity index (χ3v) is 4.61. The van der Waals surface area contributed by atoms with Crippen LogP contribution in [0.3, 0.4) is 0 Å². The van der Waals surface area contributed by atoms with Crippen LogP contribution in [0.1, 0.15) is 30.7 Å². The third-order valence-electron chi connectivity index (χ3n) is 3.98. The molecule has 1 heterocycles. The quantitative estimate of drug-likeness (QED) is 0.927. The van der Waals surface area contributed by atoms with E-state index in [1.807, 2.05) is 13.2 Å². The van der Waals surface area contributed by atoms with Crippen LogP contribution in [0.2, 0.25) is 0 Å². The molecule has 0 radical (unpaired) electrons. The minimum atomic E-state index is -0.704. The highest BCUT2D eigenvalue weighted by molar-refractivity contribution is 9.10. The summed E-state index contributed by atoms with van der Waals surface area (Å²) < 4.78 is 3.16. The highest BCUT2D eigenvalue weighted by Crippen LogP contribution is 2.45. The molecule has 1 aromatic carbocycles. The first-order valence-corrected chi connectivity index (χ1v) is 7.32. The highest BCUT2D eigenvalue weighted by atomic mass is 79.9. The summed E-state index contributed by atoms with van der Waals surface area (Å²) in [6, 6.07) is 6.32. The van der Waals surface area contributed by atoms with Gasteiger partial charge in [-0.15, -0.1) is 0 Å². The zero-order chi connectivity index (χ0) is 13.6. The summed E-state index contributed by atoms with van der Waals surface area (Å²) in [5.41, 5.74) is 2.31. The van der Waals surface area contributed by atoms with E-state index in [4.69, 9.17) is 5.11 Å². The normalized spacial score (nSPS) is 16.7. The lowest BCUT2D eigenvalue weighted by Crippen LogP contribution is -2.08. The summed E-state index contributed by atoms with van der Waals surface area (Å²) >= 11 is 3.55. The van der Waals surface area contributed by atoms with Crippen LogP contribution in [0, 0.1) is 5.92 Å². The fourth-order valence-electron chi connectivity index (χ4n) is 2.83. The number of hydrogen-bond donors (Lipinski definition) is 1. The third kappa shape index (κ3) is 2.41. The minimum absolute atomic E-state index is 0.163. The number of carboxylic acids is 1. The predicted molar refractivity (Wildman–Crippen MR) is 78.3 cm³/mol. The van der Waals surface area contributed by atoms with Crippen LogP contribution in [0.15, 0.2) is 28.9 Å². The number of rotatable bonds is 4. The van der Waals surface area contributed by atoms with Crippen molar-refractivity contribution in [1.29, 1.82) is 0 Å². The molecule has 3 nitrogen and oxygen atoms in total. The highest BCUT2D eigenvalue weighted by Gasteiger charge is 2.33. The van der Waals surface area contributed by atoms with Gasteiger partial charge in [0.05, 0.1) is 6.42 Å². The van der Waals surface area contributed by atoms with Crippen LogP contribution in [0.25, 0.3) is 10.9 Å². The Morgan fingerprint density at radius 1 is 1.53 bits per heavy atom. The molecule has 3 rings (SSSR count). The molecule has 1 aromatic heterocycles. The van der Waals surface area contributed by atoms with Gasteiger partial charge in [0.25, 0.3) is 0 Å². The number of aliphatic carboxylic acids is 1. The number of aryl methyl sites for hydroxylation is 1. The van der Waals surface area contributed by atoms with Crippen molar-refractivity contribution >= 4 is 32.8 Å². The maximum absolute atomic E-state index is 11.0. The Morgan fingerprint density at radius 2 is 2.26 bits per heavy atom. The van der Waals surface area contributed by atoms with Crippen LogP contribution in [0.4, 0.5) is 0 Å². The van der Waals surface area contributed by atoms with Gasteiger partial charge in [0, 0.05) is 28.6 Å². The van der Waals surface area contributed by atoms with Gasteiger partial charge in [0.2, 0.25) is 0 Å². The number of hydrogen-bond acceptors (Lipinski definition) is 1. The van der Waals surface area contributed by atoms with Crippen LogP contribution in [-0.4, -0.2) is 15.6 Å². The summed E-state index contributed by atoms with van der Waals surface area (Å²) in [5.74, 6) is 0.0119. The van der Waals surface area contributed by atoms with Crippen molar-refractivity contribution in [2.24, 2.45) is 13.0 Å². The monoisotopic (exact) mass is 321 g/mol. The van der Waals surface area contributed by atoms with Gasteiger partial charge in [-0.25, -0.2) is 0 Å². The SMILES string of the molecule is Cn1cc(Br)c2ccc(C(CC(=O)O)C3CC3)cc21. The Hall–Kier alpha value is -1.29. The maximum Gasteiger partial charge on any atom is 0.303 e. The van der Waals surface area contributed by atoms with Crippen molar-refractivity contribution < 1.29 is 9.90 Å². The maximum atomic E-state index is 11.0. The molecular formula is C15H16BrNO2. The summed E-state index contributed by atoms with van der Waals surface area (Å²) in [7, 11) is 2.01. The molecule has 1 N–H and O–H groups in total. The van der Waals surface area contributed by atoms with Gasteiger partial charge in [-0.3, -0.25) is 4.79 Å². The molecule has 1 atom stereocenters. The Labute approximate surface area is 120 Å². The van der Waals surface area contributed by atoms with Crippen molar-refractivity contribution in [3.05, 3.63) is 34.4 Å². The van der Waals surface area contributed by atoms with Crippen LogP contribution in [0.5, 0.6) is 0 Å². The van der Waals surface area contributed by atoms with Gasteiger partial charge in [-0.1, -0.05) is 12.1 Å². The summed E-state index contributed by atoms with van der Waals surface area (Å²) in [5, 5.41) is 10.3. The molecule has 1 aliphatic carbocycles. The molecule has 2 aromatic rings. The van der Waals surface area contributed by atoms with Crippen molar-refractivity contribution in [2.45, 2.75) is 25.2 Å². The Bertz CT molecular complexity index is 643. The second kappa shape index (κ2) is 4.67. The number of carboxylic acid groups (broad SMARTS) is 1. The zero-order valence-electron chi connectivity index (χ0n) is 10.8. The first-order valence-electron chi connectivity index (χ1n) is 6.52. The Morgan fingerprint density at radius 3 is 2.89 bits per heavy atom. The number of benzene rings is 1. The van der Waals surface area contributed by atoms with E-state index < -0.39 is 5.97 Å². The largest absolute Gasteiger partial charge is 0.481 e. The molecule has 1 unspecified atom stereocenters. The first kappa shape index (κ1) is 12.7. The van der Waals surface area contributed by atoms with Crippen LogP contribution >= 0.6 is 15.9 Å². The van der Waals surface area contributed by atoms with Gasteiger partial charge in [0.15, 0.2) is 0 Å². The van der Waals surface area contributed by atoms with Crippen molar-refractivity contribution in [3.8, 4) is 0 Å². The average Bonchev–Trinajstić information content (AvgIpc) is 3.15. The molecule has 0 amide bonds. The van der Waals surface area contributed by atoms with E-state index in [1.165, 1.54) is 5.39 Å². The molecule has 0 bridgehead atoms. The zero-order valence-corrected chi connectivity index (χ0v) is 12.4. The predicted octanol–water partition coefficient (Wildman–Crippen LogP) is 3.91. The lowest BCUT2D eigenvalue weighted by Gasteiger charge is -2.15. The molecule has 4 heteroatoms. The second-order valence-corrected chi connectivity index (χ2v) is 6.26. The van der Waals surface area contributed by atoms with Crippen molar-refractivity contribution in [1.82, 2.24) is 4.57 Å². The van der Waals surface area contributed by atoms with Gasteiger partial charge in [-0.2, -0.15) is 0 Å². The van der Waals surface area contributed by atoms with E-state index in [0.29, 0.717) is 5.92 Å². The summed E-state index contributed by atoms with van der Waals surface area (Å²) in [6.45, 7) is 0. The average molecular weight is 322 g/mol. The number of halogens is 1.